The molecule has 0 saturated carbocycles. The van der Waals surface area contributed by atoms with Gasteiger partial charge in [-0.2, -0.15) is 0 Å². The number of ketones is 1. The summed E-state index contributed by atoms with van der Waals surface area (Å²) in [6.07, 6.45) is 3.43. The highest BCUT2D eigenvalue weighted by Gasteiger charge is 2.30. The number of amides is 1. The Hall–Kier alpha value is -1.35. The topological polar surface area (TPSA) is 37.4 Å². The van der Waals surface area contributed by atoms with Gasteiger partial charge in [0, 0.05) is 36.0 Å². The van der Waals surface area contributed by atoms with Crippen LogP contribution in [0.4, 0.5) is 5.69 Å². The van der Waals surface area contributed by atoms with Crippen molar-refractivity contribution in [2.75, 3.05) is 10.8 Å². The molecule has 1 aliphatic rings. The lowest BCUT2D eigenvalue weighted by Crippen LogP contribution is -2.35. The van der Waals surface area contributed by atoms with Crippen LogP contribution in [0.2, 0.25) is 0 Å². The fourth-order valence-electron chi connectivity index (χ4n) is 2.89. The zero-order valence-electron chi connectivity index (χ0n) is 12.7. The normalized spacial score (nSPS) is 16.9. The van der Waals surface area contributed by atoms with Gasteiger partial charge in [-0.15, -0.1) is 11.6 Å². The zero-order valence-corrected chi connectivity index (χ0v) is 13.4. The Labute approximate surface area is 131 Å². The van der Waals surface area contributed by atoms with Crippen LogP contribution >= 0.6 is 11.6 Å². The summed E-state index contributed by atoms with van der Waals surface area (Å²) in [6, 6.07) is 5.87. The number of benzene rings is 1. The highest BCUT2D eigenvalue weighted by atomic mass is 35.5. The van der Waals surface area contributed by atoms with Gasteiger partial charge in [-0.1, -0.05) is 6.92 Å². The summed E-state index contributed by atoms with van der Waals surface area (Å²) < 4.78 is 0. The molecule has 0 fully saturated rings. The lowest BCUT2D eigenvalue weighted by molar-refractivity contribution is -0.118. The van der Waals surface area contributed by atoms with E-state index in [0.717, 1.165) is 29.7 Å². The second kappa shape index (κ2) is 7.08. The number of rotatable bonds is 6. The molecule has 21 heavy (non-hydrogen) atoms. The van der Waals surface area contributed by atoms with Crippen LogP contribution in [-0.2, 0) is 11.2 Å². The number of hydrogen-bond acceptors (Lipinski definition) is 2. The molecule has 1 amide bonds. The zero-order chi connectivity index (χ0) is 15.4. The summed E-state index contributed by atoms with van der Waals surface area (Å²) in [5, 5.41) is 0. The molecule has 0 saturated heterocycles. The van der Waals surface area contributed by atoms with Crippen LogP contribution < -0.4 is 4.90 Å². The molecule has 1 heterocycles. The number of fused-ring (bicyclic) bond motifs is 1. The number of nitrogens with zero attached hydrogens (tertiary/aromatic N) is 1. The largest absolute Gasteiger partial charge is 0.309 e. The standard InChI is InChI=1S/C17H22ClNO2/c1-3-5-17(21)19-12(2)10-14-11-13(7-8-15(14)19)16(20)6-4-9-18/h7-8,11-12H,3-6,9-10H2,1-2H3. The third-order valence-electron chi connectivity index (χ3n) is 3.89. The molecule has 1 aromatic rings. The van der Waals surface area contributed by atoms with Gasteiger partial charge in [-0.3, -0.25) is 9.59 Å². The van der Waals surface area contributed by atoms with Crippen LogP contribution in [0.15, 0.2) is 18.2 Å². The molecule has 1 atom stereocenters. The molecule has 1 aliphatic heterocycles. The first-order valence-corrected chi connectivity index (χ1v) is 8.16. The van der Waals surface area contributed by atoms with Crippen molar-refractivity contribution in [3.05, 3.63) is 29.3 Å². The van der Waals surface area contributed by atoms with Gasteiger partial charge in [0.2, 0.25) is 5.91 Å². The predicted molar refractivity (Wildman–Crippen MR) is 86.3 cm³/mol. The van der Waals surface area contributed by atoms with Crippen LogP contribution in [0.25, 0.3) is 0 Å². The van der Waals surface area contributed by atoms with Crippen molar-refractivity contribution in [1.29, 1.82) is 0 Å². The van der Waals surface area contributed by atoms with Crippen molar-refractivity contribution in [2.45, 2.75) is 52.0 Å². The minimum absolute atomic E-state index is 0.129. The van der Waals surface area contributed by atoms with E-state index in [1.165, 1.54) is 0 Å². The Morgan fingerprint density at radius 1 is 1.33 bits per heavy atom. The van der Waals surface area contributed by atoms with E-state index in [1.807, 2.05) is 30.0 Å². The summed E-state index contributed by atoms with van der Waals surface area (Å²) in [5.74, 6) is 0.807. The van der Waals surface area contributed by atoms with Gasteiger partial charge in [0.1, 0.15) is 0 Å². The first-order chi connectivity index (χ1) is 10.1. The Kier molecular flexibility index (Phi) is 5.40. The molecule has 0 bridgehead atoms. The molecule has 4 heteroatoms. The summed E-state index contributed by atoms with van der Waals surface area (Å²) in [7, 11) is 0. The smallest absolute Gasteiger partial charge is 0.227 e. The van der Waals surface area contributed by atoms with Crippen molar-refractivity contribution < 1.29 is 9.59 Å². The number of hydrogen-bond donors (Lipinski definition) is 0. The maximum absolute atomic E-state index is 12.2. The third-order valence-corrected chi connectivity index (χ3v) is 4.15. The van der Waals surface area contributed by atoms with Gasteiger partial charge in [0.05, 0.1) is 0 Å². The Balaban J connectivity index is 2.21. The quantitative estimate of drug-likeness (QED) is 0.589. The Morgan fingerprint density at radius 3 is 2.76 bits per heavy atom. The van der Waals surface area contributed by atoms with E-state index in [1.54, 1.807) is 0 Å². The number of anilines is 1. The highest BCUT2D eigenvalue weighted by molar-refractivity contribution is 6.18. The molecular formula is C17H22ClNO2. The van der Waals surface area contributed by atoms with E-state index in [-0.39, 0.29) is 17.7 Å². The van der Waals surface area contributed by atoms with E-state index < -0.39 is 0 Å². The van der Waals surface area contributed by atoms with Crippen molar-refractivity contribution in [3.8, 4) is 0 Å². The number of carbonyl (C=O) groups excluding carboxylic acids is 2. The van der Waals surface area contributed by atoms with Gasteiger partial charge in [-0.25, -0.2) is 0 Å². The second-order valence-corrected chi connectivity index (χ2v) is 6.00. The van der Waals surface area contributed by atoms with Crippen molar-refractivity contribution >= 4 is 29.0 Å². The number of halogens is 1. The maximum Gasteiger partial charge on any atom is 0.227 e. The Morgan fingerprint density at radius 2 is 2.10 bits per heavy atom. The predicted octanol–water partition coefficient (Wildman–Crippen LogP) is 3.97. The maximum atomic E-state index is 12.2. The summed E-state index contributed by atoms with van der Waals surface area (Å²) in [6.45, 7) is 4.07. The van der Waals surface area contributed by atoms with Gasteiger partial charge in [-0.05, 0) is 49.9 Å². The summed E-state index contributed by atoms with van der Waals surface area (Å²) in [5.41, 5.74) is 2.80. The monoisotopic (exact) mass is 307 g/mol. The molecular weight excluding hydrogens is 286 g/mol. The highest BCUT2D eigenvalue weighted by Crippen LogP contribution is 2.33. The molecule has 0 aliphatic carbocycles. The van der Waals surface area contributed by atoms with E-state index >= 15 is 0 Å². The second-order valence-electron chi connectivity index (χ2n) is 5.63. The van der Waals surface area contributed by atoms with Crippen LogP contribution in [0.1, 0.15) is 55.5 Å². The minimum Gasteiger partial charge on any atom is -0.309 e. The Bertz CT molecular complexity index is 542. The molecule has 0 N–H and O–H groups in total. The molecule has 3 nitrogen and oxygen atoms in total. The average Bonchev–Trinajstić information content (AvgIpc) is 2.79. The fourth-order valence-corrected chi connectivity index (χ4v) is 3.02. The average molecular weight is 308 g/mol. The molecule has 1 aromatic carbocycles. The number of Topliss-reactive ketones (excluding diaryl/α,β-unsaturated/α-hetero) is 1. The first kappa shape index (κ1) is 16.0. The number of carbonyl (C=O) groups is 2. The van der Waals surface area contributed by atoms with E-state index in [9.17, 15) is 9.59 Å². The summed E-state index contributed by atoms with van der Waals surface area (Å²) >= 11 is 5.63. The van der Waals surface area contributed by atoms with Crippen molar-refractivity contribution in [1.82, 2.24) is 0 Å². The van der Waals surface area contributed by atoms with E-state index in [2.05, 4.69) is 6.92 Å². The summed E-state index contributed by atoms with van der Waals surface area (Å²) in [4.78, 5) is 26.2. The van der Waals surface area contributed by atoms with Crippen LogP contribution in [0, 0.1) is 0 Å². The minimum atomic E-state index is 0.129. The van der Waals surface area contributed by atoms with Crippen LogP contribution in [-0.4, -0.2) is 23.6 Å². The molecule has 1 unspecified atom stereocenters. The van der Waals surface area contributed by atoms with E-state index in [4.69, 9.17) is 11.6 Å². The van der Waals surface area contributed by atoms with Crippen LogP contribution in [0.3, 0.4) is 0 Å². The molecule has 0 spiro atoms. The third kappa shape index (κ3) is 3.46. The molecule has 2 rings (SSSR count). The van der Waals surface area contributed by atoms with Crippen LogP contribution in [0.5, 0.6) is 0 Å². The van der Waals surface area contributed by atoms with Crippen molar-refractivity contribution in [3.63, 3.8) is 0 Å². The van der Waals surface area contributed by atoms with Gasteiger partial charge in [0.25, 0.3) is 0 Å². The van der Waals surface area contributed by atoms with Crippen molar-refractivity contribution in [2.24, 2.45) is 0 Å². The van der Waals surface area contributed by atoms with Gasteiger partial charge < -0.3 is 4.90 Å². The lowest BCUT2D eigenvalue weighted by atomic mass is 10.0. The molecule has 0 aromatic heterocycles. The number of alkyl halides is 1. The molecule has 114 valence electrons. The van der Waals surface area contributed by atoms with Gasteiger partial charge >= 0.3 is 0 Å². The SMILES string of the molecule is CCCC(=O)N1c2ccc(C(=O)CCCCl)cc2CC1C. The van der Waals surface area contributed by atoms with E-state index in [0.29, 0.717) is 25.1 Å². The lowest BCUT2D eigenvalue weighted by Gasteiger charge is -2.22. The molecule has 0 radical (unpaired) electrons. The first-order valence-electron chi connectivity index (χ1n) is 7.62. The fraction of sp³-hybridized carbons (Fsp3) is 0.529. The van der Waals surface area contributed by atoms with Gasteiger partial charge in [0.15, 0.2) is 5.78 Å².